The summed E-state index contributed by atoms with van der Waals surface area (Å²) in [6.07, 6.45) is 6.06. The van der Waals surface area contributed by atoms with Gasteiger partial charge in [-0.3, -0.25) is 0 Å². The van der Waals surface area contributed by atoms with E-state index in [9.17, 15) is 0 Å². The van der Waals surface area contributed by atoms with Crippen LogP contribution in [0.15, 0.2) is 42.5 Å². The molecule has 0 aliphatic heterocycles. The fourth-order valence-electron chi connectivity index (χ4n) is 2.85. The van der Waals surface area contributed by atoms with Crippen LogP contribution in [0.5, 0.6) is 0 Å². The van der Waals surface area contributed by atoms with E-state index in [0.29, 0.717) is 5.92 Å². The highest BCUT2D eigenvalue weighted by Gasteiger charge is 2.24. The summed E-state index contributed by atoms with van der Waals surface area (Å²) in [4.78, 5) is 0. The minimum Gasteiger partial charge on any atom is -0.0616 e. The van der Waals surface area contributed by atoms with Crippen molar-refractivity contribution in [2.45, 2.75) is 25.2 Å². The molecule has 0 heteroatoms. The Balaban J connectivity index is 1.91. The molecule has 2 aromatic rings. The van der Waals surface area contributed by atoms with Gasteiger partial charge >= 0.3 is 0 Å². The molecular weight excluding hydrogens is 204 g/mol. The molecule has 2 radical (unpaired) electrons. The topological polar surface area (TPSA) is 0 Å². The Labute approximate surface area is 104 Å². The van der Waals surface area contributed by atoms with Crippen LogP contribution < -0.4 is 0 Å². The summed E-state index contributed by atoms with van der Waals surface area (Å²) in [5.74, 6) is 1.44. The van der Waals surface area contributed by atoms with E-state index in [1.807, 2.05) is 0 Å². The van der Waals surface area contributed by atoms with Crippen LogP contribution in [0, 0.1) is 19.3 Å². The number of rotatable bonds is 2. The van der Waals surface area contributed by atoms with Crippen molar-refractivity contribution < 1.29 is 0 Å². The molecule has 3 rings (SSSR count). The van der Waals surface area contributed by atoms with Gasteiger partial charge in [-0.2, -0.15) is 0 Å². The first-order valence-corrected chi connectivity index (χ1v) is 6.48. The Kier molecular flexibility index (Phi) is 2.88. The van der Waals surface area contributed by atoms with Crippen LogP contribution in [0.25, 0.3) is 10.8 Å². The summed E-state index contributed by atoms with van der Waals surface area (Å²) in [5.41, 5.74) is 1.47. The third-order valence-electron chi connectivity index (χ3n) is 3.95. The maximum absolute atomic E-state index is 4.03. The molecule has 0 N–H and O–H groups in total. The second-order valence-corrected chi connectivity index (χ2v) is 5.07. The Morgan fingerprint density at radius 3 is 2.65 bits per heavy atom. The van der Waals surface area contributed by atoms with Crippen molar-refractivity contribution in [3.63, 3.8) is 0 Å². The number of hydrogen-bond donors (Lipinski definition) is 0. The summed E-state index contributed by atoms with van der Waals surface area (Å²) < 4.78 is 0. The van der Waals surface area contributed by atoms with Gasteiger partial charge in [0.15, 0.2) is 0 Å². The van der Waals surface area contributed by atoms with Crippen LogP contribution in [0.1, 0.15) is 30.7 Å². The maximum Gasteiger partial charge on any atom is -0.0128 e. The van der Waals surface area contributed by atoms with Crippen LogP contribution >= 0.6 is 0 Å². The van der Waals surface area contributed by atoms with E-state index in [2.05, 4.69) is 55.8 Å². The van der Waals surface area contributed by atoms with Gasteiger partial charge in [0.25, 0.3) is 0 Å². The summed E-state index contributed by atoms with van der Waals surface area (Å²) >= 11 is 0. The van der Waals surface area contributed by atoms with Crippen LogP contribution in [0.2, 0.25) is 0 Å². The molecule has 0 spiro atoms. The molecule has 1 aliphatic carbocycles. The molecule has 1 saturated carbocycles. The first-order valence-electron chi connectivity index (χ1n) is 6.48. The Bertz CT molecular complexity index is 512. The van der Waals surface area contributed by atoms with E-state index in [1.54, 1.807) is 0 Å². The van der Waals surface area contributed by atoms with E-state index < -0.39 is 0 Å². The Morgan fingerprint density at radius 1 is 1.06 bits per heavy atom. The predicted molar refractivity (Wildman–Crippen MR) is 73.7 cm³/mol. The molecule has 86 valence electrons. The third-order valence-corrected chi connectivity index (χ3v) is 3.95. The standard InChI is InChI=1S/C17H18/c1-2-13-7-8-16(11-13)17-10-9-14-5-3-4-6-15(14)12-17/h3-6,8-10,12-13,16H,1-2,7,11H2. The largest absolute Gasteiger partial charge is 0.0616 e. The van der Waals surface area contributed by atoms with Crippen LogP contribution in [0.4, 0.5) is 0 Å². The molecule has 17 heavy (non-hydrogen) atoms. The van der Waals surface area contributed by atoms with Crippen molar-refractivity contribution in [1.29, 1.82) is 0 Å². The molecular formula is C17H18. The van der Waals surface area contributed by atoms with E-state index in [-0.39, 0.29) is 0 Å². The van der Waals surface area contributed by atoms with E-state index in [0.717, 1.165) is 12.3 Å². The summed E-state index contributed by atoms with van der Waals surface area (Å²) in [6, 6.07) is 15.5. The molecule has 1 aliphatic rings. The summed E-state index contributed by atoms with van der Waals surface area (Å²) in [7, 11) is 0. The molecule has 2 atom stereocenters. The smallest absolute Gasteiger partial charge is 0.0128 e. The lowest BCUT2D eigenvalue weighted by Crippen LogP contribution is -1.95. The Hall–Kier alpha value is -1.30. The zero-order valence-corrected chi connectivity index (χ0v) is 10.1. The first kappa shape index (κ1) is 10.8. The highest BCUT2D eigenvalue weighted by Crippen LogP contribution is 2.39. The highest BCUT2D eigenvalue weighted by atomic mass is 14.3. The molecule has 0 amide bonds. The predicted octanol–water partition coefficient (Wildman–Crippen LogP) is 4.76. The molecule has 0 aromatic heterocycles. The Morgan fingerprint density at radius 2 is 1.88 bits per heavy atom. The molecule has 0 nitrogen and oxygen atoms in total. The average Bonchev–Trinajstić information content (AvgIpc) is 2.87. The van der Waals surface area contributed by atoms with Crippen LogP contribution in [-0.2, 0) is 0 Å². The second-order valence-electron chi connectivity index (χ2n) is 5.07. The lowest BCUT2D eigenvalue weighted by molar-refractivity contribution is 0.546. The monoisotopic (exact) mass is 222 g/mol. The van der Waals surface area contributed by atoms with Gasteiger partial charge in [-0.05, 0) is 47.4 Å². The highest BCUT2D eigenvalue weighted by molar-refractivity contribution is 5.83. The molecule has 1 fully saturated rings. The first-order chi connectivity index (χ1) is 8.36. The van der Waals surface area contributed by atoms with Crippen molar-refractivity contribution in [1.82, 2.24) is 0 Å². The van der Waals surface area contributed by atoms with Gasteiger partial charge in [-0.1, -0.05) is 55.8 Å². The van der Waals surface area contributed by atoms with Crippen molar-refractivity contribution in [2.24, 2.45) is 5.92 Å². The van der Waals surface area contributed by atoms with Crippen molar-refractivity contribution in [2.75, 3.05) is 0 Å². The summed E-state index contributed by atoms with van der Waals surface area (Å²) in [6.45, 7) is 4.03. The van der Waals surface area contributed by atoms with Crippen LogP contribution in [-0.4, -0.2) is 0 Å². The zero-order chi connectivity index (χ0) is 11.7. The van der Waals surface area contributed by atoms with Gasteiger partial charge in [-0.15, -0.1) is 0 Å². The van der Waals surface area contributed by atoms with Crippen molar-refractivity contribution in [3.8, 4) is 0 Å². The number of benzene rings is 2. The molecule has 0 heterocycles. The SMILES string of the molecule is [CH2]CC1C[CH]C(c2ccc3ccccc3c2)C1. The fourth-order valence-corrected chi connectivity index (χ4v) is 2.85. The summed E-state index contributed by atoms with van der Waals surface area (Å²) in [5, 5.41) is 2.69. The van der Waals surface area contributed by atoms with Crippen LogP contribution in [0.3, 0.4) is 0 Å². The zero-order valence-electron chi connectivity index (χ0n) is 10.1. The fraction of sp³-hybridized carbons (Fsp3) is 0.294. The van der Waals surface area contributed by atoms with Gasteiger partial charge in [-0.25, -0.2) is 0 Å². The van der Waals surface area contributed by atoms with E-state index in [1.165, 1.54) is 29.2 Å². The lowest BCUT2D eigenvalue weighted by Gasteiger charge is -2.11. The maximum atomic E-state index is 4.03. The molecule has 0 saturated heterocycles. The van der Waals surface area contributed by atoms with Gasteiger partial charge in [0.1, 0.15) is 0 Å². The lowest BCUT2D eigenvalue weighted by atomic mass is 9.93. The minimum absolute atomic E-state index is 0.645. The number of fused-ring (bicyclic) bond motifs is 1. The van der Waals surface area contributed by atoms with Crippen molar-refractivity contribution >= 4 is 10.8 Å². The quantitative estimate of drug-likeness (QED) is 0.687. The van der Waals surface area contributed by atoms with Gasteiger partial charge in [0.2, 0.25) is 0 Å². The number of hydrogen-bond acceptors (Lipinski definition) is 0. The molecule has 2 aromatic carbocycles. The van der Waals surface area contributed by atoms with Gasteiger partial charge in [0.05, 0.1) is 0 Å². The van der Waals surface area contributed by atoms with E-state index in [4.69, 9.17) is 0 Å². The normalized spacial score (nSPS) is 24.3. The average molecular weight is 222 g/mol. The van der Waals surface area contributed by atoms with Gasteiger partial charge in [0, 0.05) is 0 Å². The molecule has 2 unspecified atom stereocenters. The van der Waals surface area contributed by atoms with E-state index >= 15 is 0 Å². The van der Waals surface area contributed by atoms with Crippen molar-refractivity contribution in [3.05, 3.63) is 61.4 Å². The minimum atomic E-state index is 0.645. The third kappa shape index (κ3) is 2.09. The second kappa shape index (κ2) is 4.52. The molecule has 0 bridgehead atoms. The van der Waals surface area contributed by atoms with Gasteiger partial charge < -0.3 is 0 Å².